The van der Waals surface area contributed by atoms with Crippen molar-refractivity contribution in [2.45, 2.75) is 13.0 Å². The molecule has 1 aromatic carbocycles. The summed E-state index contributed by atoms with van der Waals surface area (Å²) in [6, 6.07) is 5.24. The number of rotatable bonds is 2. The van der Waals surface area contributed by atoms with E-state index in [0.717, 1.165) is 5.56 Å². The average Bonchev–Trinajstić information content (AvgIpc) is 2.05. The molecule has 0 amide bonds. The molecule has 0 bridgehead atoms. The molecule has 12 heavy (non-hydrogen) atoms. The summed E-state index contributed by atoms with van der Waals surface area (Å²) >= 11 is 0. The van der Waals surface area contributed by atoms with Crippen LogP contribution in [0.25, 0.3) is 0 Å². The average molecular weight is 167 g/mol. The minimum absolute atomic E-state index is 0.487. The first-order valence-corrected chi connectivity index (χ1v) is 3.76. The van der Waals surface area contributed by atoms with Crippen molar-refractivity contribution >= 4 is 5.69 Å². The zero-order valence-electron chi connectivity index (χ0n) is 7.24. The van der Waals surface area contributed by atoms with Crippen LogP contribution >= 0.6 is 0 Å². The number of hydrogen-bond donors (Lipinski definition) is 2. The number of aliphatic hydroxyl groups excluding tert-OH is 1. The second-order valence-corrected chi connectivity index (χ2v) is 2.68. The van der Waals surface area contributed by atoms with Gasteiger partial charge in [-0.2, -0.15) is 0 Å². The Hall–Kier alpha value is -1.22. The van der Waals surface area contributed by atoms with Crippen molar-refractivity contribution in [1.82, 2.24) is 0 Å². The molecular formula is C9H13NO2. The SMILES string of the molecule is COc1cc([C@@H](C)O)ccc1N. The summed E-state index contributed by atoms with van der Waals surface area (Å²) in [4.78, 5) is 0. The molecule has 0 heterocycles. The van der Waals surface area contributed by atoms with E-state index in [4.69, 9.17) is 10.5 Å². The summed E-state index contributed by atoms with van der Waals surface area (Å²) in [6.07, 6.45) is -0.487. The Balaban J connectivity index is 3.05. The molecule has 0 unspecified atom stereocenters. The van der Waals surface area contributed by atoms with Gasteiger partial charge in [0.15, 0.2) is 0 Å². The molecule has 0 saturated heterocycles. The van der Waals surface area contributed by atoms with E-state index in [9.17, 15) is 5.11 Å². The molecule has 1 rings (SSSR count). The van der Waals surface area contributed by atoms with E-state index in [2.05, 4.69) is 0 Å². The Kier molecular flexibility index (Phi) is 2.55. The summed E-state index contributed by atoms with van der Waals surface area (Å²) in [5.74, 6) is 0.605. The molecule has 66 valence electrons. The van der Waals surface area contributed by atoms with Crippen molar-refractivity contribution in [2.75, 3.05) is 12.8 Å². The van der Waals surface area contributed by atoms with Crippen LogP contribution in [0.3, 0.4) is 0 Å². The van der Waals surface area contributed by atoms with E-state index >= 15 is 0 Å². The van der Waals surface area contributed by atoms with E-state index in [1.807, 2.05) is 0 Å². The van der Waals surface area contributed by atoms with E-state index in [0.29, 0.717) is 11.4 Å². The number of nitrogen functional groups attached to an aromatic ring is 1. The van der Waals surface area contributed by atoms with Gasteiger partial charge in [0.05, 0.1) is 18.9 Å². The fourth-order valence-electron chi connectivity index (χ4n) is 0.988. The van der Waals surface area contributed by atoms with Crippen LogP contribution < -0.4 is 10.5 Å². The Morgan fingerprint density at radius 3 is 2.67 bits per heavy atom. The van der Waals surface area contributed by atoms with Gasteiger partial charge >= 0.3 is 0 Å². The van der Waals surface area contributed by atoms with Gasteiger partial charge < -0.3 is 15.6 Å². The lowest BCUT2D eigenvalue weighted by Gasteiger charge is -2.08. The number of nitrogens with two attached hydrogens (primary N) is 1. The van der Waals surface area contributed by atoms with Gasteiger partial charge in [0.2, 0.25) is 0 Å². The van der Waals surface area contributed by atoms with Gasteiger partial charge in [-0.1, -0.05) is 6.07 Å². The lowest BCUT2D eigenvalue weighted by Crippen LogP contribution is -1.96. The highest BCUT2D eigenvalue weighted by Gasteiger charge is 2.04. The predicted molar refractivity (Wildman–Crippen MR) is 48.0 cm³/mol. The highest BCUT2D eigenvalue weighted by Crippen LogP contribution is 2.25. The van der Waals surface area contributed by atoms with Crippen LogP contribution in [0.2, 0.25) is 0 Å². The molecule has 0 aliphatic carbocycles. The van der Waals surface area contributed by atoms with Crippen molar-refractivity contribution in [3.63, 3.8) is 0 Å². The lowest BCUT2D eigenvalue weighted by atomic mass is 10.1. The Morgan fingerprint density at radius 2 is 2.17 bits per heavy atom. The first kappa shape index (κ1) is 8.87. The quantitative estimate of drug-likeness (QED) is 0.653. The number of aliphatic hydroxyl groups is 1. The van der Waals surface area contributed by atoms with Crippen LogP contribution in [-0.4, -0.2) is 12.2 Å². The van der Waals surface area contributed by atoms with Crippen LogP contribution in [0.5, 0.6) is 5.75 Å². The maximum Gasteiger partial charge on any atom is 0.142 e. The van der Waals surface area contributed by atoms with Gasteiger partial charge in [-0.15, -0.1) is 0 Å². The number of benzene rings is 1. The first-order chi connectivity index (χ1) is 5.65. The van der Waals surface area contributed by atoms with Crippen LogP contribution in [0.1, 0.15) is 18.6 Å². The fraction of sp³-hybridized carbons (Fsp3) is 0.333. The smallest absolute Gasteiger partial charge is 0.142 e. The third-order valence-electron chi connectivity index (χ3n) is 1.74. The third kappa shape index (κ3) is 1.68. The minimum Gasteiger partial charge on any atom is -0.495 e. The van der Waals surface area contributed by atoms with Crippen molar-refractivity contribution in [2.24, 2.45) is 0 Å². The Bertz CT molecular complexity index is 271. The largest absolute Gasteiger partial charge is 0.495 e. The standard InChI is InChI=1S/C9H13NO2/c1-6(11)7-3-4-8(10)9(5-7)12-2/h3-6,11H,10H2,1-2H3/t6-/m1/s1. The predicted octanol–water partition coefficient (Wildman–Crippen LogP) is 1.33. The molecule has 0 aliphatic heterocycles. The van der Waals surface area contributed by atoms with E-state index < -0.39 is 6.10 Å². The van der Waals surface area contributed by atoms with Crippen LogP contribution in [-0.2, 0) is 0 Å². The number of hydrogen-bond acceptors (Lipinski definition) is 3. The van der Waals surface area contributed by atoms with Gasteiger partial charge in [0.25, 0.3) is 0 Å². The summed E-state index contributed by atoms with van der Waals surface area (Å²) < 4.78 is 5.00. The second-order valence-electron chi connectivity index (χ2n) is 2.68. The highest BCUT2D eigenvalue weighted by molar-refractivity contribution is 5.54. The van der Waals surface area contributed by atoms with Gasteiger partial charge in [-0.05, 0) is 24.6 Å². The molecule has 0 radical (unpaired) electrons. The summed E-state index contributed by atoms with van der Waals surface area (Å²) in [6.45, 7) is 1.70. The first-order valence-electron chi connectivity index (χ1n) is 3.76. The number of ether oxygens (including phenoxy) is 1. The maximum atomic E-state index is 9.24. The normalized spacial score (nSPS) is 12.6. The van der Waals surface area contributed by atoms with Crippen molar-refractivity contribution < 1.29 is 9.84 Å². The zero-order chi connectivity index (χ0) is 9.14. The minimum atomic E-state index is -0.487. The van der Waals surface area contributed by atoms with Crippen molar-refractivity contribution in [1.29, 1.82) is 0 Å². The van der Waals surface area contributed by atoms with E-state index in [1.54, 1.807) is 32.2 Å². The summed E-state index contributed by atoms with van der Waals surface area (Å²) in [5, 5.41) is 9.24. The maximum absolute atomic E-state index is 9.24. The van der Waals surface area contributed by atoms with Gasteiger partial charge in [-0.25, -0.2) is 0 Å². The molecule has 0 spiro atoms. The van der Waals surface area contributed by atoms with Gasteiger partial charge in [0, 0.05) is 0 Å². The molecule has 1 aromatic rings. The van der Waals surface area contributed by atoms with Gasteiger partial charge in [-0.3, -0.25) is 0 Å². The molecule has 0 aliphatic rings. The Labute approximate surface area is 71.8 Å². The summed E-state index contributed by atoms with van der Waals surface area (Å²) in [7, 11) is 1.55. The molecule has 0 saturated carbocycles. The van der Waals surface area contributed by atoms with Crippen LogP contribution in [0.4, 0.5) is 5.69 Å². The van der Waals surface area contributed by atoms with Crippen LogP contribution in [0.15, 0.2) is 18.2 Å². The van der Waals surface area contributed by atoms with Crippen LogP contribution in [0, 0.1) is 0 Å². The molecule has 3 N–H and O–H groups in total. The molecular weight excluding hydrogens is 154 g/mol. The molecule has 3 nitrogen and oxygen atoms in total. The van der Waals surface area contributed by atoms with E-state index in [1.165, 1.54) is 0 Å². The lowest BCUT2D eigenvalue weighted by molar-refractivity contribution is 0.199. The second kappa shape index (κ2) is 3.45. The van der Waals surface area contributed by atoms with Gasteiger partial charge in [0.1, 0.15) is 5.75 Å². The number of methoxy groups -OCH3 is 1. The summed E-state index contributed by atoms with van der Waals surface area (Å²) in [5.41, 5.74) is 6.99. The fourth-order valence-corrected chi connectivity index (χ4v) is 0.988. The molecule has 0 aromatic heterocycles. The van der Waals surface area contributed by atoms with Crippen molar-refractivity contribution in [3.8, 4) is 5.75 Å². The highest BCUT2D eigenvalue weighted by atomic mass is 16.5. The topological polar surface area (TPSA) is 55.5 Å². The van der Waals surface area contributed by atoms with E-state index in [-0.39, 0.29) is 0 Å². The number of anilines is 1. The molecule has 1 atom stereocenters. The van der Waals surface area contributed by atoms with Crippen molar-refractivity contribution in [3.05, 3.63) is 23.8 Å². The monoisotopic (exact) mass is 167 g/mol. The molecule has 0 fully saturated rings. The Morgan fingerprint density at radius 1 is 1.50 bits per heavy atom. The third-order valence-corrected chi connectivity index (χ3v) is 1.74. The zero-order valence-corrected chi connectivity index (χ0v) is 7.24. The molecule has 3 heteroatoms.